The lowest BCUT2D eigenvalue weighted by Gasteiger charge is -2.24. The maximum Gasteiger partial charge on any atom is 0.149 e. The molecule has 0 aromatic heterocycles. The normalized spacial score (nSPS) is 28.5. The van der Waals surface area contributed by atoms with Crippen molar-refractivity contribution in [3.8, 4) is 0 Å². The van der Waals surface area contributed by atoms with E-state index >= 15 is 0 Å². The van der Waals surface area contributed by atoms with Crippen molar-refractivity contribution in [2.75, 3.05) is 0 Å². The fraction of sp³-hybridized carbons (Fsp3) is 0.947. The molecule has 3 unspecified atom stereocenters. The van der Waals surface area contributed by atoms with Gasteiger partial charge < -0.3 is 5.32 Å². The van der Waals surface area contributed by atoms with Crippen molar-refractivity contribution in [1.29, 1.82) is 0 Å². The summed E-state index contributed by atoms with van der Waals surface area (Å²) in [6.45, 7) is 2.26. The average molecular weight is 293 g/mol. The predicted octanol–water partition coefficient (Wildman–Crippen LogP) is 5.01. The van der Waals surface area contributed by atoms with Crippen LogP contribution in [0.15, 0.2) is 0 Å². The highest BCUT2D eigenvalue weighted by molar-refractivity contribution is 5.84. The Labute approximate surface area is 131 Å². The van der Waals surface area contributed by atoms with Gasteiger partial charge in [-0.25, -0.2) is 0 Å². The summed E-state index contributed by atoms with van der Waals surface area (Å²) in [6.07, 6.45) is 17.8. The molecule has 1 aliphatic heterocycles. The number of fused-ring (bicyclic) bond motifs is 1. The molecule has 0 aromatic rings. The van der Waals surface area contributed by atoms with E-state index < -0.39 is 0 Å². The van der Waals surface area contributed by atoms with Crippen molar-refractivity contribution >= 4 is 5.78 Å². The van der Waals surface area contributed by atoms with E-state index in [0.717, 1.165) is 25.2 Å². The molecule has 0 amide bonds. The quantitative estimate of drug-likeness (QED) is 0.574. The highest BCUT2D eigenvalue weighted by Crippen LogP contribution is 2.33. The van der Waals surface area contributed by atoms with E-state index in [4.69, 9.17) is 0 Å². The molecule has 1 N–H and O–H groups in total. The summed E-state index contributed by atoms with van der Waals surface area (Å²) in [4.78, 5) is 12.3. The molecular weight excluding hydrogens is 258 g/mol. The van der Waals surface area contributed by atoms with Gasteiger partial charge in [0, 0.05) is 12.5 Å². The second kappa shape index (κ2) is 9.61. The Morgan fingerprint density at radius 1 is 0.952 bits per heavy atom. The minimum atomic E-state index is 0.197. The number of carbonyl (C=O) groups excluding carboxylic acids is 1. The van der Waals surface area contributed by atoms with Crippen molar-refractivity contribution in [2.45, 2.75) is 109 Å². The molecule has 1 saturated heterocycles. The summed E-state index contributed by atoms with van der Waals surface area (Å²) >= 11 is 0. The zero-order chi connectivity index (χ0) is 14.9. The molecule has 122 valence electrons. The average Bonchev–Trinajstić information content (AvgIpc) is 2.94. The van der Waals surface area contributed by atoms with Gasteiger partial charge in [0.2, 0.25) is 0 Å². The van der Waals surface area contributed by atoms with E-state index in [1.165, 1.54) is 70.6 Å². The Balaban J connectivity index is 1.50. The van der Waals surface area contributed by atoms with Gasteiger partial charge in [0.05, 0.1) is 6.04 Å². The first kappa shape index (κ1) is 17.0. The number of rotatable bonds is 10. The minimum absolute atomic E-state index is 0.197. The van der Waals surface area contributed by atoms with Crippen molar-refractivity contribution < 1.29 is 4.79 Å². The van der Waals surface area contributed by atoms with Crippen molar-refractivity contribution in [3.05, 3.63) is 0 Å². The maximum absolute atomic E-state index is 12.3. The molecular formula is C19H35NO. The van der Waals surface area contributed by atoms with Gasteiger partial charge in [0.15, 0.2) is 0 Å². The zero-order valence-corrected chi connectivity index (χ0v) is 14.0. The van der Waals surface area contributed by atoms with Gasteiger partial charge >= 0.3 is 0 Å². The Morgan fingerprint density at radius 3 is 2.33 bits per heavy atom. The van der Waals surface area contributed by atoms with Gasteiger partial charge in [-0.3, -0.25) is 4.79 Å². The second-order valence-electron chi connectivity index (χ2n) is 7.30. The summed E-state index contributed by atoms with van der Waals surface area (Å²) in [5.74, 6) is 1.29. The van der Waals surface area contributed by atoms with Crippen LogP contribution >= 0.6 is 0 Å². The van der Waals surface area contributed by atoms with E-state index in [1.807, 2.05) is 0 Å². The topological polar surface area (TPSA) is 29.1 Å². The molecule has 2 rings (SSSR count). The number of Topliss-reactive ketones (excluding diaryl/α,β-unsaturated/α-hetero) is 1. The first-order chi connectivity index (χ1) is 10.3. The minimum Gasteiger partial charge on any atom is -0.304 e. The molecule has 2 fully saturated rings. The number of hydrogen-bond acceptors (Lipinski definition) is 2. The van der Waals surface area contributed by atoms with Crippen LogP contribution in [0.1, 0.15) is 96.8 Å². The summed E-state index contributed by atoms with van der Waals surface area (Å²) < 4.78 is 0. The number of unbranched alkanes of at least 4 members (excludes halogenated alkanes) is 7. The lowest BCUT2D eigenvalue weighted by atomic mass is 9.84. The second-order valence-corrected chi connectivity index (χ2v) is 7.30. The predicted molar refractivity (Wildman–Crippen MR) is 89.5 cm³/mol. The third-order valence-corrected chi connectivity index (χ3v) is 5.53. The monoisotopic (exact) mass is 293 g/mol. The third-order valence-electron chi connectivity index (χ3n) is 5.53. The molecule has 1 heterocycles. The maximum atomic E-state index is 12.3. The number of nitrogens with one attached hydrogen (secondary N) is 1. The fourth-order valence-corrected chi connectivity index (χ4v) is 4.17. The van der Waals surface area contributed by atoms with Gasteiger partial charge in [0.25, 0.3) is 0 Å². The largest absolute Gasteiger partial charge is 0.304 e. The third kappa shape index (κ3) is 5.73. The van der Waals surface area contributed by atoms with Crippen LogP contribution in [0.4, 0.5) is 0 Å². The van der Waals surface area contributed by atoms with Gasteiger partial charge in [-0.05, 0) is 31.6 Å². The summed E-state index contributed by atoms with van der Waals surface area (Å²) in [6, 6.07) is 0.855. The molecule has 21 heavy (non-hydrogen) atoms. The van der Waals surface area contributed by atoms with Crippen LogP contribution in [0.25, 0.3) is 0 Å². The van der Waals surface area contributed by atoms with Crippen LogP contribution in [-0.2, 0) is 4.79 Å². The lowest BCUT2D eigenvalue weighted by molar-refractivity contribution is -0.120. The Hall–Kier alpha value is -0.370. The number of ketones is 1. The molecule has 0 radical (unpaired) electrons. The number of carbonyl (C=O) groups is 1. The van der Waals surface area contributed by atoms with Crippen LogP contribution in [0.2, 0.25) is 0 Å². The molecule has 0 bridgehead atoms. The summed E-state index contributed by atoms with van der Waals surface area (Å²) in [5.41, 5.74) is 0. The highest BCUT2D eigenvalue weighted by atomic mass is 16.1. The molecule has 1 saturated carbocycles. The fourth-order valence-electron chi connectivity index (χ4n) is 4.17. The Bertz CT molecular complexity index is 288. The van der Waals surface area contributed by atoms with Crippen LogP contribution in [0.5, 0.6) is 0 Å². The summed E-state index contributed by atoms with van der Waals surface area (Å²) in [5, 5.41) is 3.62. The van der Waals surface area contributed by atoms with Gasteiger partial charge in [0.1, 0.15) is 5.78 Å². The van der Waals surface area contributed by atoms with Crippen molar-refractivity contribution in [1.82, 2.24) is 5.32 Å². The van der Waals surface area contributed by atoms with E-state index in [2.05, 4.69) is 12.2 Å². The molecule has 0 spiro atoms. The highest BCUT2D eigenvalue weighted by Gasteiger charge is 2.37. The van der Waals surface area contributed by atoms with Gasteiger partial charge in [-0.1, -0.05) is 64.7 Å². The zero-order valence-electron chi connectivity index (χ0n) is 14.0. The Morgan fingerprint density at radius 2 is 1.62 bits per heavy atom. The van der Waals surface area contributed by atoms with E-state index in [0.29, 0.717) is 11.8 Å². The Kier molecular flexibility index (Phi) is 7.77. The van der Waals surface area contributed by atoms with E-state index in [1.54, 1.807) is 0 Å². The van der Waals surface area contributed by atoms with Crippen LogP contribution in [-0.4, -0.2) is 17.9 Å². The number of hydrogen-bond donors (Lipinski definition) is 1. The van der Waals surface area contributed by atoms with E-state index in [9.17, 15) is 4.79 Å². The molecule has 1 aliphatic carbocycles. The smallest absolute Gasteiger partial charge is 0.149 e. The molecule has 0 aromatic carbocycles. The molecule has 3 atom stereocenters. The van der Waals surface area contributed by atoms with E-state index in [-0.39, 0.29) is 6.04 Å². The first-order valence-corrected chi connectivity index (χ1v) is 9.60. The van der Waals surface area contributed by atoms with Gasteiger partial charge in [-0.2, -0.15) is 0 Å². The van der Waals surface area contributed by atoms with Gasteiger partial charge in [-0.15, -0.1) is 0 Å². The lowest BCUT2D eigenvalue weighted by Crippen LogP contribution is -2.37. The molecule has 2 heteroatoms. The van der Waals surface area contributed by atoms with Crippen LogP contribution < -0.4 is 5.32 Å². The standard InChI is InChI=1S/C19H35NO/c1-2-3-4-5-6-7-8-9-14-19(21)18-15-16-12-10-11-13-17(16)20-18/h16-18,20H,2-15H2,1H3. The molecule has 2 aliphatic rings. The first-order valence-electron chi connectivity index (χ1n) is 9.60. The molecule has 2 nitrogen and oxygen atoms in total. The van der Waals surface area contributed by atoms with Crippen LogP contribution in [0.3, 0.4) is 0 Å². The summed E-state index contributed by atoms with van der Waals surface area (Å²) in [7, 11) is 0. The van der Waals surface area contributed by atoms with Crippen LogP contribution in [0, 0.1) is 5.92 Å². The van der Waals surface area contributed by atoms with Crippen molar-refractivity contribution in [3.63, 3.8) is 0 Å². The SMILES string of the molecule is CCCCCCCCCCC(=O)C1CC2CCCCC2N1. The van der Waals surface area contributed by atoms with Crippen molar-refractivity contribution in [2.24, 2.45) is 5.92 Å².